The zero-order valence-electron chi connectivity index (χ0n) is 22.5. The summed E-state index contributed by atoms with van der Waals surface area (Å²) in [7, 11) is 0. The van der Waals surface area contributed by atoms with Gasteiger partial charge in [-0.15, -0.1) is 13.2 Å². The van der Waals surface area contributed by atoms with Crippen molar-refractivity contribution in [2.24, 2.45) is 4.99 Å². The molecule has 43 heavy (non-hydrogen) atoms. The average Bonchev–Trinajstić information content (AvgIpc) is 3.30. The number of ether oxygens (including phenoxy) is 2. The number of para-hydroxylation sites is 3. The summed E-state index contributed by atoms with van der Waals surface area (Å²) in [6, 6.07) is 31.0. The Labute approximate surface area is 249 Å². The van der Waals surface area contributed by atoms with Gasteiger partial charge in [0.1, 0.15) is 18.1 Å². The van der Waals surface area contributed by atoms with Gasteiger partial charge in [-0.25, -0.2) is 4.99 Å². The van der Waals surface area contributed by atoms with Crippen LogP contribution in [0.1, 0.15) is 11.1 Å². The second-order valence-corrected chi connectivity index (χ2v) is 10.1. The number of aliphatic imine (C=N–C) groups is 1. The predicted octanol–water partition coefficient (Wildman–Crippen LogP) is 7.28. The van der Waals surface area contributed by atoms with Crippen LogP contribution in [0.4, 0.5) is 24.5 Å². The summed E-state index contributed by atoms with van der Waals surface area (Å²) in [6.45, 7) is 0.384. The van der Waals surface area contributed by atoms with Crippen LogP contribution in [-0.2, 0) is 16.2 Å². The fourth-order valence-corrected chi connectivity index (χ4v) is 4.90. The molecule has 0 saturated heterocycles. The van der Waals surface area contributed by atoms with Crippen molar-refractivity contribution in [3.63, 3.8) is 0 Å². The lowest BCUT2D eigenvalue weighted by molar-refractivity contribution is -0.274. The number of rotatable bonds is 9. The highest BCUT2D eigenvalue weighted by Crippen LogP contribution is 2.32. The minimum Gasteiger partial charge on any atom is -0.489 e. The Morgan fingerprint density at radius 1 is 0.907 bits per heavy atom. The molecular formula is C32H24F3N3O4S. The van der Waals surface area contributed by atoms with E-state index in [0.29, 0.717) is 23.6 Å². The fourth-order valence-electron chi connectivity index (χ4n) is 4.09. The number of amides is 2. The molecule has 2 amide bonds. The van der Waals surface area contributed by atoms with Crippen LogP contribution in [-0.4, -0.2) is 29.1 Å². The first-order chi connectivity index (χ1) is 20.7. The van der Waals surface area contributed by atoms with Gasteiger partial charge in [0.25, 0.3) is 5.91 Å². The number of amidine groups is 1. The Hall–Kier alpha value is -5.03. The molecule has 0 atom stereocenters. The first-order valence-electron chi connectivity index (χ1n) is 13.0. The van der Waals surface area contributed by atoms with Gasteiger partial charge < -0.3 is 14.8 Å². The van der Waals surface area contributed by atoms with Crippen LogP contribution in [0, 0.1) is 0 Å². The van der Waals surface area contributed by atoms with Gasteiger partial charge >= 0.3 is 6.36 Å². The van der Waals surface area contributed by atoms with E-state index in [1.165, 1.54) is 23.1 Å². The summed E-state index contributed by atoms with van der Waals surface area (Å²) >= 11 is 0.975. The molecule has 0 unspecified atom stereocenters. The molecule has 1 aliphatic heterocycles. The molecule has 1 aliphatic rings. The number of hydrogen-bond donors (Lipinski definition) is 1. The van der Waals surface area contributed by atoms with Crippen LogP contribution in [0.2, 0.25) is 0 Å². The van der Waals surface area contributed by atoms with Crippen molar-refractivity contribution in [2.45, 2.75) is 13.0 Å². The summed E-state index contributed by atoms with van der Waals surface area (Å²) < 4.78 is 48.2. The maximum Gasteiger partial charge on any atom is 0.573 e. The third-order valence-corrected chi connectivity index (χ3v) is 6.91. The topological polar surface area (TPSA) is 80.2 Å². The van der Waals surface area contributed by atoms with Crippen molar-refractivity contribution in [2.75, 3.05) is 16.0 Å². The molecule has 5 rings (SSSR count). The normalized spacial score (nSPS) is 14.0. The lowest BCUT2D eigenvalue weighted by atomic mass is 10.1. The predicted molar refractivity (Wildman–Crippen MR) is 161 cm³/mol. The van der Waals surface area contributed by atoms with E-state index in [-0.39, 0.29) is 22.3 Å². The first kappa shape index (κ1) is 29.5. The number of carbonyl (C=O) groups excluding carboxylic acids is 2. The van der Waals surface area contributed by atoms with Crippen LogP contribution in [0.3, 0.4) is 0 Å². The Kier molecular flexibility index (Phi) is 9.11. The third-order valence-electron chi connectivity index (χ3n) is 5.97. The molecule has 1 heterocycles. The van der Waals surface area contributed by atoms with E-state index in [4.69, 9.17) is 4.74 Å². The molecule has 4 aromatic carbocycles. The second kappa shape index (κ2) is 13.3. The van der Waals surface area contributed by atoms with E-state index in [9.17, 15) is 22.8 Å². The largest absolute Gasteiger partial charge is 0.573 e. The van der Waals surface area contributed by atoms with Crippen LogP contribution in [0.5, 0.6) is 11.5 Å². The van der Waals surface area contributed by atoms with Gasteiger partial charge in [-0.05, 0) is 53.6 Å². The number of nitrogens with zero attached hydrogens (tertiary/aromatic N) is 2. The molecule has 11 heteroatoms. The Morgan fingerprint density at radius 2 is 1.60 bits per heavy atom. The lowest BCUT2D eigenvalue weighted by Crippen LogP contribution is -2.31. The Morgan fingerprint density at radius 3 is 2.35 bits per heavy atom. The maximum absolute atomic E-state index is 13.5. The quantitative estimate of drug-likeness (QED) is 0.204. The number of hydrogen-bond acceptors (Lipinski definition) is 6. The van der Waals surface area contributed by atoms with Crippen LogP contribution in [0.15, 0.2) is 120 Å². The SMILES string of the molecule is O=C(CSC1=NC(=Cc2cccc(OCc3ccccc3)c2)C(=O)N1c1ccccc1)Nc1ccccc1OC(F)(F)F. The molecular weight excluding hydrogens is 579 g/mol. The van der Waals surface area contributed by atoms with E-state index in [0.717, 1.165) is 23.4 Å². The Bertz CT molecular complexity index is 1660. The zero-order valence-corrected chi connectivity index (χ0v) is 23.3. The van der Waals surface area contributed by atoms with Crippen molar-refractivity contribution in [3.8, 4) is 11.5 Å². The van der Waals surface area contributed by atoms with Gasteiger partial charge in [-0.3, -0.25) is 14.5 Å². The zero-order chi connectivity index (χ0) is 30.2. The molecule has 0 fully saturated rings. The summed E-state index contributed by atoms with van der Waals surface area (Å²) in [5.74, 6) is -1.14. The molecule has 0 aliphatic carbocycles. The van der Waals surface area contributed by atoms with Crippen LogP contribution < -0.4 is 19.7 Å². The summed E-state index contributed by atoms with van der Waals surface area (Å²) in [4.78, 5) is 32.1. The highest BCUT2D eigenvalue weighted by atomic mass is 32.2. The highest BCUT2D eigenvalue weighted by molar-refractivity contribution is 8.14. The molecule has 7 nitrogen and oxygen atoms in total. The van der Waals surface area contributed by atoms with Crippen molar-refractivity contribution >= 4 is 46.2 Å². The smallest absolute Gasteiger partial charge is 0.489 e. The van der Waals surface area contributed by atoms with Gasteiger partial charge in [0.15, 0.2) is 10.9 Å². The highest BCUT2D eigenvalue weighted by Gasteiger charge is 2.33. The molecule has 1 N–H and O–H groups in total. The van der Waals surface area contributed by atoms with Gasteiger partial charge in [0.2, 0.25) is 5.91 Å². The molecule has 0 bridgehead atoms. The van der Waals surface area contributed by atoms with Gasteiger partial charge in [0, 0.05) is 0 Å². The minimum atomic E-state index is -4.92. The van der Waals surface area contributed by atoms with Crippen molar-refractivity contribution in [1.29, 1.82) is 0 Å². The minimum absolute atomic E-state index is 0.135. The number of carbonyl (C=O) groups is 2. The standard InChI is InChI=1S/C32H24F3N3O4S/c33-32(34,35)42-28-17-8-7-16-26(28)36-29(39)21-43-31-37-27(30(40)38(31)24-13-5-2-6-14-24)19-23-12-9-15-25(18-23)41-20-22-10-3-1-4-11-22/h1-19H,20-21H2,(H,36,39). The third kappa shape index (κ3) is 8.04. The number of halogens is 3. The van der Waals surface area contributed by atoms with Gasteiger partial charge in [0.05, 0.1) is 17.1 Å². The Balaban J connectivity index is 1.33. The van der Waals surface area contributed by atoms with E-state index in [2.05, 4.69) is 15.0 Å². The van der Waals surface area contributed by atoms with E-state index >= 15 is 0 Å². The van der Waals surface area contributed by atoms with Crippen molar-refractivity contribution in [3.05, 3.63) is 126 Å². The number of nitrogens with one attached hydrogen (secondary N) is 1. The van der Waals surface area contributed by atoms with Gasteiger partial charge in [-0.1, -0.05) is 84.6 Å². The number of anilines is 2. The molecule has 0 radical (unpaired) electrons. The number of thioether (sulfide) groups is 1. The van der Waals surface area contributed by atoms with E-state index < -0.39 is 23.9 Å². The first-order valence-corrected chi connectivity index (χ1v) is 14.0. The van der Waals surface area contributed by atoms with E-state index in [1.807, 2.05) is 48.5 Å². The summed E-state index contributed by atoms with van der Waals surface area (Å²) in [5.41, 5.74) is 2.27. The van der Waals surface area contributed by atoms with Gasteiger partial charge in [-0.2, -0.15) is 0 Å². The lowest BCUT2D eigenvalue weighted by Gasteiger charge is -2.18. The molecule has 0 aromatic heterocycles. The van der Waals surface area contributed by atoms with Crippen LogP contribution in [0.25, 0.3) is 6.08 Å². The molecule has 218 valence electrons. The second-order valence-electron chi connectivity index (χ2n) is 9.13. The average molecular weight is 604 g/mol. The van der Waals surface area contributed by atoms with Crippen LogP contribution >= 0.6 is 11.8 Å². The van der Waals surface area contributed by atoms with E-state index in [1.54, 1.807) is 42.5 Å². The van der Waals surface area contributed by atoms with Crippen molar-refractivity contribution < 1.29 is 32.2 Å². The molecule has 0 saturated carbocycles. The summed E-state index contributed by atoms with van der Waals surface area (Å²) in [6.07, 6.45) is -3.28. The number of benzene rings is 4. The monoisotopic (exact) mass is 603 g/mol. The maximum atomic E-state index is 13.5. The summed E-state index contributed by atoms with van der Waals surface area (Å²) in [5, 5.41) is 2.68. The fraction of sp³-hybridized carbons (Fsp3) is 0.0938. The number of alkyl halides is 3. The molecule has 4 aromatic rings. The van der Waals surface area contributed by atoms with Crippen molar-refractivity contribution in [1.82, 2.24) is 0 Å². The molecule has 0 spiro atoms.